The molecule has 172 valence electrons. The number of alkyl halides is 3. The highest BCUT2D eigenvalue weighted by Crippen LogP contribution is 2.24. The first-order valence-electron chi connectivity index (χ1n) is 9.51. The highest BCUT2D eigenvalue weighted by atomic mass is 19.4. The summed E-state index contributed by atoms with van der Waals surface area (Å²) in [7, 11) is 0. The molecule has 0 saturated carbocycles. The number of amides is 1. The van der Waals surface area contributed by atoms with E-state index in [4.69, 9.17) is 4.74 Å². The fourth-order valence-corrected chi connectivity index (χ4v) is 2.82. The van der Waals surface area contributed by atoms with Crippen molar-refractivity contribution in [3.8, 4) is 17.2 Å². The van der Waals surface area contributed by atoms with Crippen LogP contribution >= 0.6 is 0 Å². The quantitative estimate of drug-likeness (QED) is 0.462. The smallest absolute Gasteiger partial charge is 0.480 e. The van der Waals surface area contributed by atoms with Crippen LogP contribution in [0.3, 0.4) is 0 Å². The first-order chi connectivity index (χ1) is 15.6. The van der Waals surface area contributed by atoms with E-state index in [2.05, 4.69) is 10.1 Å². The van der Waals surface area contributed by atoms with Gasteiger partial charge in [0.2, 0.25) is 0 Å². The summed E-state index contributed by atoms with van der Waals surface area (Å²) in [6.45, 7) is 0. The Morgan fingerprint density at radius 1 is 0.848 bits per heavy atom. The van der Waals surface area contributed by atoms with E-state index in [1.165, 1.54) is 60.7 Å². The van der Waals surface area contributed by atoms with Gasteiger partial charge in [-0.1, -0.05) is 12.1 Å². The van der Waals surface area contributed by atoms with Crippen LogP contribution in [0, 0.1) is 5.82 Å². The van der Waals surface area contributed by atoms with Crippen molar-refractivity contribution in [3.05, 3.63) is 89.7 Å². The lowest BCUT2D eigenvalue weighted by atomic mass is 10.1. The third-order valence-corrected chi connectivity index (χ3v) is 4.37. The Labute approximate surface area is 185 Å². The van der Waals surface area contributed by atoms with E-state index in [0.717, 1.165) is 12.1 Å². The highest BCUT2D eigenvalue weighted by Gasteiger charge is 2.31. The minimum Gasteiger partial charge on any atom is -0.480 e. The van der Waals surface area contributed by atoms with Gasteiger partial charge in [-0.15, -0.1) is 13.2 Å². The Balaban J connectivity index is 1.61. The van der Waals surface area contributed by atoms with Gasteiger partial charge in [0.15, 0.2) is 0 Å². The lowest BCUT2D eigenvalue weighted by Gasteiger charge is -2.15. The molecule has 2 N–H and O–H groups in total. The van der Waals surface area contributed by atoms with E-state index in [0.29, 0.717) is 17.1 Å². The van der Waals surface area contributed by atoms with Crippen LogP contribution in [0.5, 0.6) is 17.2 Å². The number of carboxylic acid groups (broad SMARTS) is 1. The molecule has 1 amide bonds. The number of aliphatic carboxylic acids is 1. The minimum absolute atomic E-state index is 0.154. The van der Waals surface area contributed by atoms with Crippen molar-refractivity contribution in [2.45, 2.75) is 18.8 Å². The van der Waals surface area contributed by atoms with Crippen LogP contribution in [0.4, 0.5) is 17.6 Å². The number of carbonyl (C=O) groups excluding carboxylic acids is 1. The van der Waals surface area contributed by atoms with Gasteiger partial charge in [-0.25, -0.2) is 9.18 Å². The number of benzene rings is 3. The van der Waals surface area contributed by atoms with Crippen LogP contribution in [-0.2, 0) is 11.2 Å². The van der Waals surface area contributed by atoms with Crippen molar-refractivity contribution >= 4 is 11.9 Å². The van der Waals surface area contributed by atoms with Crippen molar-refractivity contribution in [1.82, 2.24) is 5.32 Å². The molecule has 0 spiro atoms. The molecular formula is C23H17F4NO5. The summed E-state index contributed by atoms with van der Waals surface area (Å²) in [6.07, 6.45) is -4.99. The topological polar surface area (TPSA) is 84.9 Å². The average molecular weight is 463 g/mol. The first kappa shape index (κ1) is 23.6. The zero-order chi connectivity index (χ0) is 24.0. The van der Waals surface area contributed by atoms with Crippen LogP contribution in [0.1, 0.15) is 15.9 Å². The molecule has 10 heteroatoms. The fourth-order valence-electron chi connectivity index (χ4n) is 2.82. The second-order valence-electron chi connectivity index (χ2n) is 6.84. The van der Waals surface area contributed by atoms with Gasteiger partial charge in [0.05, 0.1) is 0 Å². The number of hydrogen-bond donors (Lipinski definition) is 2. The monoisotopic (exact) mass is 463 g/mol. The van der Waals surface area contributed by atoms with Crippen LogP contribution in [-0.4, -0.2) is 29.4 Å². The Morgan fingerprint density at radius 3 is 1.88 bits per heavy atom. The molecule has 6 nitrogen and oxygen atoms in total. The molecule has 0 heterocycles. The largest absolute Gasteiger partial charge is 0.573 e. The van der Waals surface area contributed by atoms with E-state index in [-0.39, 0.29) is 12.0 Å². The van der Waals surface area contributed by atoms with Gasteiger partial charge >= 0.3 is 12.3 Å². The third kappa shape index (κ3) is 7.23. The molecule has 0 fully saturated rings. The molecule has 0 aliphatic heterocycles. The summed E-state index contributed by atoms with van der Waals surface area (Å²) in [4.78, 5) is 24.0. The Morgan fingerprint density at radius 2 is 1.36 bits per heavy atom. The summed E-state index contributed by atoms with van der Waals surface area (Å²) in [5.74, 6) is -2.04. The number of nitrogens with one attached hydrogen (secondary N) is 1. The number of carboxylic acids is 1. The molecule has 0 saturated heterocycles. The minimum atomic E-state index is -4.83. The number of halogens is 4. The van der Waals surface area contributed by atoms with Gasteiger partial charge in [-0.3, -0.25) is 4.79 Å². The molecule has 33 heavy (non-hydrogen) atoms. The van der Waals surface area contributed by atoms with Crippen molar-refractivity contribution < 1.29 is 41.7 Å². The molecule has 0 aromatic heterocycles. The van der Waals surface area contributed by atoms with E-state index >= 15 is 0 Å². The van der Waals surface area contributed by atoms with Crippen molar-refractivity contribution in [2.24, 2.45) is 0 Å². The predicted octanol–water partition coefficient (Wildman–Crippen LogP) is 4.94. The number of carbonyl (C=O) groups is 2. The normalized spacial score (nSPS) is 12.0. The molecule has 0 bridgehead atoms. The Bertz CT molecular complexity index is 1100. The Kier molecular flexibility index (Phi) is 7.17. The number of hydrogen-bond acceptors (Lipinski definition) is 4. The molecule has 1 unspecified atom stereocenters. The summed E-state index contributed by atoms with van der Waals surface area (Å²) in [5, 5.41) is 11.8. The maximum absolute atomic E-state index is 13.0. The standard InChI is InChI=1S/C23H17F4NO5/c24-16-5-11-18(12-6-16)32-17-9-3-15(4-10-17)21(29)28-20(22(30)31)13-14-1-7-19(8-2-14)33-23(25,26)27/h1-12,20H,13H2,(H,28,29)(H,30,31). The molecule has 3 aromatic carbocycles. The van der Waals surface area contributed by atoms with Crippen LogP contribution < -0.4 is 14.8 Å². The predicted molar refractivity (Wildman–Crippen MR) is 109 cm³/mol. The highest BCUT2D eigenvalue weighted by molar-refractivity contribution is 5.96. The molecule has 0 aliphatic rings. The molecule has 3 rings (SSSR count). The maximum atomic E-state index is 13.0. The summed E-state index contributed by atoms with van der Waals surface area (Å²) < 4.78 is 59.0. The summed E-state index contributed by atoms with van der Waals surface area (Å²) in [5.41, 5.74) is 0.557. The summed E-state index contributed by atoms with van der Waals surface area (Å²) >= 11 is 0. The van der Waals surface area contributed by atoms with Gasteiger partial charge in [0.25, 0.3) is 5.91 Å². The number of rotatable bonds is 8. The second kappa shape index (κ2) is 10.0. The molecule has 1 atom stereocenters. The van der Waals surface area contributed by atoms with Gasteiger partial charge in [0, 0.05) is 12.0 Å². The first-order valence-corrected chi connectivity index (χ1v) is 9.51. The maximum Gasteiger partial charge on any atom is 0.573 e. The summed E-state index contributed by atoms with van der Waals surface area (Å²) in [6, 6.07) is 14.6. The second-order valence-corrected chi connectivity index (χ2v) is 6.84. The van der Waals surface area contributed by atoms with Gasteiger partial charge < -0.3 is 19.9 Å². The average Bonchev–Trinajstić information content (AvgIpc) is 2.75. The van der Waals surface area contributed by atoms with E-state index in [1.807, 2.05) is 0 Å². The van der Waals surface area contributed by atoms with E-state index < -0.39 is 35.8 Å². The van der Waals surface area contributed by atoms with Gasteiger partial charge in [0.1, 0.15) is 29.1 Å². The van der Waals surface area contributed by atoms with Gasteiger partial charge in [-0.2, -0.15) is 0 Å². The molecule has 3 aromatic rings. The van der Waals surface area contributed by atoms with E-state index in [1.54, 1.807) is 0 Å². The van der Waals surface area contributed by atoms with Crippen LogP contribution in [0.25, 0.3) is 0 Å². The zero-order valence-electron chi connectivity index (χ0n) is 16.8. The number of ether oxygens (including phenoxy) is 2. The lowest BCUT2D eigenvalue weighted by Crippen LogP contribution is -2.42. The molecule has 0 aliphatic carbocycles. The zero-order valence-corrected chi connectivity index (χ0v) is 16.8. The van der Waals surface area contributed by atoms with Crippen molar-refractivity contribution in [2.75, 3.05) is 0 Å². The SMILES string of the molecule is O=C(NC(Cc1ccc(OC(F)(F)F)cc1)C(=O)O)c1ccc(Oc2ccc(F)cc2)cc1. The molecular weight excluding hydrogens is 446 g/mol. The van der Waals surface area contributed by atoms with Gasteiger partial charge in [-0.05, 0) is 66.2 Å². The fraction of sp³-hybridized carbons (Fsp3) is 0.130. The van der Waals surface area contributed by atoms with Crippen molar-refractivity contribution in [3.63, 3.8) is 0 Å². The molecule has 0 radical (unpaired) electrons. The van der Waals surface area contributed by atoms with E-state index in [9.17, 15) is 32.3 Å². The van der Waals surface area contributed by atoms with Crippen molar-refractivity contribution in [1.29, 1.82) is 0 Å². The van der Waals surface area contributed by atoms with Crippen LogP contribution in [0.2, 0.25) is 0 Å². The lowest BCUT2D eigenvalue weighted by molar-refractivity contribution is -0.274. The third-order valence-electron chi connectivity index (χ3n) is 4.37. The van der Waals surface area contributed by atoms with Crippen LogP contribution in [0.15, 0.2) is 72.8 Å². The Hall–Kier alpha value is -4.08.